The third kappa shape index (κ3) is 5.25. The third-order valence-corrected chi connectivity index (χ3v) is 6.30. The molecule has 0 saturated carbocycles. The normalized spacial score (nSPS) is 18.3. The lowest BCUT2D eigenvalue weighted by atomic mass is 9.99. The molecule has 0 radical (unpaired) electrons. The molecule has 0 aliphatic carbocycles. The number of aryl methyl sites for hydroxylation is 1. The van der Waals surface area contributed by atoms with Crippen LogP contribution in [0.5, 0.6) is 0 Å². The first kappa shape index (κ1) is 23.0. The van der Waals surface area contributed by atoms with Gasteiger partial charge in [-0.05, 0) is 75.8 Å². The van der Waals surface area contributed by atoms with Crippen LogP contribution in [0.15, 0.2) is 67.1 Å². The van der Waals surface area contributed by atoms with Crippen molar-refractivity contribution in [3.63, 3.8) is 0 Å². The van der Waals surface area contributed by atoms with Crippen molar-refractivity contribution in [3.05, 3.63) is 83.9 Å². The number of amides is 1. The second-order valence-electron chi connectivity index (χ2n) is 9.51. The van der Waals surface area contributed by atoms with E-state index >= 15 is 0 Å². The SMILES string of the molecule is Cc1ccc(NC(=O)CCN2C(=S)NC(c3ccccn3)C2c2ccn(C(C)(C)C)c2)cc1. The van der Waals surface area contributed by atoms with E-state index < -0.39 is 0 Å². The highest BCUT2D eigenvalue weighted by molar-refractivity contribution is 7.80. The van der Waals surface area contributed by atoms with Crippen molar-refractivity contribution >= 4 is 28.9 Å². The second kappa shape index (κ2) is 9.35. The predicted molar refractivity (Wildman–Crippen MR) is 136 cm³/mol. The van der Waals surface area contributed by atoms with Crippen LogP contribution in [0.4, 0.5) is 5.69 Å². The molecule has 172 valence electrons. The zero-order chi connectivity index (χ0) is 23.6. The van der Waals surface area contributed by atoms with E-state index in [1.807, 2.05) is 49.4 Å². The van der Waals surface area contributed by atoms with Gasteiger partial charge in [-0.3, -0.25) is 9.78 Å². The molecule has 3 aromatic rings. The van der Waals surface area contributed by atoms with Gasteiger partial charge in [0.1, 0.15) is 0 Å². The van der Waals surface area contributed by atoms with Crippen molar-refractivity contribution in [1.29, 1.82) is 0 Å². The van der Waals surface area contributed by atoms with Crippen LogP contribution in [0.25, 0.3) is 0 Å². The highest BCUT2D eigenvalue weighted by atomic mass is 32.1. The molecule has 2 atom stereocenters. The predicted octanol–water partition coefficient (Wildman–Crippen LogP) is 4.95. The zero-order valence-electron chi connectivity index (χ0n) is 19.6. The number of benzene rings is 1. The molecule has 0 bridgehead atoms. The van der Waals surface area contributed by atoms with Crippen molar-refractivity contribution in [2.75, 3.05) is 11.9 Å². The average Bonchev–Trinajstić information content (AvgIpc) is 3.39. The monoisotopic (exact) mass is 461 g/mol. The van der Waals surface area contributed by atoms with Crippen LogP contribution in [0.1, 0.15) is 56.1 Å². The van der Waals surface area contributed by atoms with E-state index in [9.17, 15) is 4.79 Å². The molecular formula is C26H31N5OS. The smallest absolute Gasteiger partial charge is 0.226 e. The van der Waals surface area contributed by atoms with E-state index in [0.717, 1.165) is 22.5 Å². The summed E-state index contributed by atoms with van der Waals surface area (Å²) in [5.41, 5.74) is 4.01. The van der Waals surface area contributed by atoms with Gasteiger partial charge in [0.15, 0.2) is 5.11 Å². The molecule has 2 N–H and O–H groups in total. The van der Waals surface area contributed by atoms with Crippen LogP contribution < -0.4 is 10.6 Å². The van der Waals surface area contributed by atoms with Crippen LogP contribution in [0, 0.1) is 6.92 Å². The maximum atomic E-state index is 12.7. The number of aromatic nitrogens is 2. The summed E-state index contributed by atoms with van der Waals surface area (Å²) < 4.78 is 2.21. The second-order valence-corrected chi connectivity index (χ2v) is 9.89. The lowest BCUT2D eigenvalue weighted by Gasteiger charge is -2.27. The van der Waals surface area contributed by atoms with Crippen LogP contribution in [0.3, 0.4) is 0 Å². The maximum Gasteiger partial charge on any atom is 0.226 e. The van der Waals surface area contributed by atoms with Crippen molar-refractivity contribution < 1.29 is 4.79 Å². The van der Waals surface area contributed by atoms with Gasteiger partial charge in [-0.25, -0.2) is 0 Å². The van der Waals surface area contributed by atoms with E-state index in [1.54, 1.807) is 6.20 Å². The number of hydrogen-bond donors (Lipinski definition) is 2. The van der Waals surface area contributed by atoms with E-state index in [2.05, 4.69) is 64.3 Å². The molecule has 3 heterocycles. The molecule has 1 amide bonds. The number of hydrogen-bond acceptors (Lipinski definition) is 3. The molecule has 0 spiro atoms. The Morgan fingerprint density at radius 2 is 1.91 bits per heavy atom. The molecule has 2 aromatic heterocycles. The largest absolute Gasteiger partial charge is 0.352 e. The Bertz CT molecular complexity index is 1120. The van der Waals surface area contributed by atoms with Gasteiger partial charge in [0.2, 0.25) is 5.91 Å². The van der Waals surface area contributed by atoms with Crippen molar-refractivity contribution in [2.45, 2.75) is 51.7 Å². The van der Waals surface area contributed by atoms with E-state index in [-0.39, 0.29) is 23.5 Å². The Kier molecular flexibility index (Phi) is 6.51. The molecule has 1 saturated heterocycles. The Morgan fingerprint density at radius 3 is 2.55 bits per heavy atom. The van der Waals surface area contributed by atoms with E-state index in [4.69, 9.17) is 12.2 Å². The minimum Gasteiger partial charge on any atom is -0.352 e. The first-order valence-corrected chi connectivity index (χ1v) is 11.7. The van der Waals surface area contributed by atoms with E-state index in [1.165, 1.54) is 0 Å². The van der Waals surface area contributed by atoms with Gasteiger partial charge in [-0.15, -0.1) is 0 Å². The van der Waals surface area contributed by atoms with Crippen LogP contribution in [-0.2, 0) is 10.3 Å². The third-order valence-electron chi connectivity index (χ3n) is 5.94. The van der Waals surface area contributed by atoms with E-state index in [0.29, 0.717) is 18.1 Å². The first-order chi connectivity index (χ1) is 15.7. The molecule has 1 aromatic carbocycles. The van der Waals surface area contributed by atoms with Crippen molar-refractivity contribution in [2.24, 2.45) is 0 Å². The van der Waals surface area contributed by atoms with Crippen LogP contribution >= 0.6 is 12.2 Å². The molecule has 4 rings (SSSR count). The Hall–Kier alpha value is -3.19. The number of nitrogens with one attached hydrogen (secondary N) is 2. The minimum absolute atomic E-state index is 0.0238. The van der Waals surface area contributed by atoms with Gasteiger partial charge in [-0.1, -0.05) is 23.8 Å². The standard InChI is InChI=1S/C26H31N5OS/c1-18-8-10-20(11-9-18)28-22(32)13-16-31-24(19-12-15-30(17-19)26(2,3)4)23(29-25(31)33)21-7-5-6-14-27-21/h5-12,14-15,17,23-24H,13,16H2,1-4H3,(H,28,32)(H,29,33). The van der Waals surface area contributed by atoms with Gasteiger partial charge in [0, 0.05) is 42.8 Å². The summed E-state index contributed by atoms with van der Waals surface area (Å²) >= 11 is 5.72. The Balaban J connectivity index is 1.55. The topological polar surface area (TPSA) is 62.2 Å². The number of carbonyl (C=O) groups excluding carboxylic acids is 1. The quantitative estimate of drug-likeness (QED) is 0.509. The Morgan fingerprint density at radius 1 is 1.15 bits per heavy atom. The van der Waals surface area contributed by atoms with Gasteiger partial charge >= 0.3 is 0 Å². The van der Waals surface area contributed by atoms with Crippen molar-refractivity contribution in [3.8, 4) is 0 Å². The molecule has 1 aliphatic heterocycles. The number of anilines is 1. The maximum absolute atomic E-state index is 12.7. The number of nitrogens with zero attached hydrogens (tertiary/aromatic N) is 3. The summed E-state index contributed by atoms with van der Waals surface area (Å²) in [5, 5.41) is 7.08. The average molecular weight is 462 g/mol. The lowest BCUT2D eigenvalue weighted by Crippen LogP contribution is -2.32. The number of carbonyl (C=O) groups is 1. The molecule has 7 heteroatoms. The number of thiocarbonyl (C=S) groups is 1. The summed E-state index contributed by atoms with van der Waals surface area (Å²) in [6, 6.07) is 15.7. The van der Waals surface area contributed by atoms with Gasteiger partial charge in [-0.2, -0.15) is 0 Å². The fourth-order valence-electron chi connectivity index (χ4n) is 4.10. The van der Waals surface area contributed by atoms with Crippen molar-refractivity contribution in [1.82, 2.24) is 19.8 Å². The van der Waals surface area contributed by atoms with Crippen LogP contribution in [-0.4, -0.2) is 32.0 Å². The molecule has 1 fully saturated rings. The fourth-order valence-corrected chi connectivity index (χ4v) is 4.43. The molecule has 2 unspecified atom stereocenters. The minimum atomic E-state index is -0.0883. The highest BCUT2D eigenvalue weighted by Gasteiger charge is 2.40. The number of rotatable bonds is 6. The molecule has 6 nitrogen and oxygen atoms in total. The molecule has 33 heavy (non-hydrogen) atoms. The highest BCUT2D eigenvalue weighted by Crippen LogP contribution is 2.39. The first-order valence-electron chi connectivity index (χ1n) is 11.3. The van der Waals surface area contributed by atoms with Gasteiger partial charge in [0.05, 0.1) is 17.8 Å². The summed E-state index contributed by atoms with van der Waals surface area (Å²) in [7, 11) is 0. The van der Waals surface area contributed by atoms with Gasteiger partial charge < -0.3 is 20.1 Å². The lowest BCUT2D eigenvalue weighted by molar-refractivity contribution is -0.116. The fraction of sp³-hybridized carbons (Fsp3) is 0.346. The Labute approximate surface area is 201 Å². The number of pyridine rings is 1. The summed E-state index contributed by atoms with van der Waals surface area (Å²) in [6.07, 6.45) is 6.42. The van der Waals surface area contributed by atoms with Crippen LogP contribution in [0.2, 0.25) is 0 Å². The zero-order valence-corrected chi connectivity index (χ0v) is 20.4. The summed E-state index contributed by atoms with van der Waals surface area (Å²) in [6.45, 7) is 9.07. The molecular weight excluding hydrogens is 430 g/mol. The summed E-state index contributed by atoms with van der Waals surface area (Å²) in [4.78, 5) is 19.4. The summed E-state index contributed by atoms with van der Waals surface area (Å²) in [5.74, 6) is -0.0334. The van der Waals surface area contributed by atoms with Gasteiger partial charge in [0.25, 0.3) is 0 Å². The molecule has 1 aliphatic rings.